The van der Waals surface area contributed by atoms with Crippen molar-refractivity contribution in [3.8, 4) is 0 Å². The molecule has 2 aromatic rings. The first-order chi connectivity index (χ1) is 10.2. The smallest absolute Gasteiger partial charge is 0.237 e. The van der Waals surface area contributed by atoms with Gasteiger partial charge in [0.2, 0.25) is 5.91 Å². The molecule has 2 aromatic carbocycles. The summed E-state index contributed by atoms with van der Waals surface area (Å²) in [5, 5.41) is 6.02. The molecule has 1 aliphatic heterocycles. The van der Waals surface area contributed by atoms with Crippen LogP contribution >= 0.6 is 0 Å². The van der Waals surface area contributed by atoms with E-state index in [1.807, 2.05) is 18.2 Å². The Kier molecular flexibility index (Phi) is 3.97. The number of carbonyl (C=O) groups excluding carboxylic acids is 1. The maximum absolute atomic E-state index is 13.5. The first-order valence-electron chi connectivity index (χ1n) is 7.05. The summed E-state index contributed by atoms with van der Waals surface area (Å²) < 4.78 is 13.5. The number of fused-ring (bicyclic) bond motifs is 1. The van der Waals surface area contributed by atoms with E-state index < -0.39 is 0 Å². The monoisotopic (exact) mass is 284 g/mol. The minimum Gasteiger partial charge on any atom is -0.351 e. The molecule has 108 valence electrons. The average molecular weight is 284 g/mol. The van der Waals surface area contributed by atoms with E-state index >= 15 is 0 Å². The fraction of sp³-hybridized carbons (Fsp3) is 0.235. The second kappa shape index (κ2) is 6.06. The first kappa shape index (κ1) is 13.8. The van der Waals surface area contributed by atoms with Gasteiger partial charge in [-0.25, -0.2) is 4.39 Å². The zero-order valence-corrected chi connectivity index (χ0v) is 11.6. The summed E-state index contributed by atoms with van der Waals surface area (Å²) >= 11 is 0. The molecule has 0 saturated heterocycles. The first-order valence-corrected chi connectivity index (χ1v) is 7.05. The minimum atomic E-state index is -0.292. The number of carbonyl (C=O) groups is 1. The van der Waals surface area contributed by atoms with E-state index in [1.54, 1.807) is 18.2 Å². The van der Waals surface area contributed by atoms with Gasteiger partial charge in [-0.3, -0.25) is 4.79 Å². The molecule has 21 heavy (non-hydrogen) atoms. The molecule has 1 atom stereocenters. The van der Waals surface area contributed by atoms with Crippen LogP contribution in [-0.2, 0) is 24.3 Å². The van der Waals surface area contributed by atoms with Gasteiger partial charge in [-0.05, 0) is 23.6 Å². The highest BCUT2D eigenvalue weighted by atomic mass is 19.1. The number of benzene rings is 2. The molecular formula is C17H17FN2O. The molecule has 0 fully saturated rings. The lowest BCUT2D eigenvalue weighted by molar-refractivity contribution is -0.123. The van der Waals surface area contributed by atoms with Crippen molar-refractivity contribution in [2.24, 2.45) is 0 Å². The van der Waals surface area contributed by atoms with Gasteiger partial charge in [0.15, 0.2) is 0 Å². The Morgan fingerprint density at radius 1 is 1.14 bits per heavy atom. The summed E-state index contributed by atoms with van der Waals surface area (Å²) in [7, 11) is 0. The van der Waals surface area contributed by atoms with E-state index in [9.17, 15) is 9.18 Å². The van der Waals surface area contributed by atoms with Gasteiger partial charge in [0, 0.05) is 18.7 Å². The van der Waals surface area contributed by atoms with Crippen molar-refractivity contribution in [2.45, 2.75) is 25.6 Å². The van der Waals surface area contributed by atoms with Crippen LogP contribution in [-0.4, -0.2) is 11.9 Å². The molecule has 0 radical (unpaired) electrons. The third kappa shape index (κ3) is 3.11. The maximum Gasteiger partial charge on any atom is 0.237 e. The van der Waals surface area contributed by atoms with Gasteiger partial charge in [0.25, 0.3) is 0 Å². The van der Waals surface area contributed by atoms with Crippen LogP contribution in [0.15, 0.2) is 48.5 Å². The van der Waals surface area contributed by atoms with Crippen molar-refractivity contribution in [1.82, 2.24) is 10.6 Å². The molecular weight excluding hydrogens is 267 g/mol. The van der Waals surface area contributed by atoms with E-state index in [1.165, 1.54) is 17.2 Å². The molecule has 0 saturated carbocycles. The van der Waals surface area contributed by atoms with E-state index in [2.05, 4.69) is 16.7 Å². The summed E-state index contributed by atoms with van der Waals surface area (Å²) in [6.45, 7) is 0.902. The molecule has 1 amide bonds. The lowest BCUT2D eigenvalue weighted by atomic mass is 9.95. The van der Waals surface area contributed by atoms with Gasteiger partial charge in [0.1, 0.15) is 5.82 Å². The number of amides is 1. The molecule has 1 heterocycles. The molecule has 0 bridgehead atoms. The van der Waals surface area contributed by atoms with E-state index in [0.717, 1.165) is 0 Å². The van der Waals surface area contributed by atoms with Gasteiger partial charge in [-0.1, -0.05) is 42.5 Å². The number of hydrogen-bond donors (Lipinski definition) is 2. The number of rotatable bonds is 3. The highest BCUT2D eigenvalue weighted by molar-refractivity contribution is 5.82. The van der Waals surface area contributed by atoms with Gasteiger partial charge < -0.3 is 10.6 Å². The molecule has 0 aliphatic carbocycles. The molecule has 3 nitrogen and oxygen atoms in total. The second-order valence-electron chi connectivity index (χ2n) is 5.22. The molecule has 4 heteroatoms. The third-order valence-corrected chi connectivity index (χ3v) is 3.81. The number of halogens is 1. The fourth-order valence-corrected chi connectivity index (χ4v) is 2.59. The van der Waals surface area contributed by atoms with Crippen molar-refractivity contribution in [3.05, 3.63) is 71.0 Å². The topological polar surface area (TPSA) is 41.1 Å². The number of nitrogens with one attached hydrogen (secondary N) is 2. The zero-order valence-electron chi connectivity index (χ0n) is 11.6. The van der Waals surface area contributed by atoms with E-state index in [4.69, 9.17) is 0 Å². The molecule has 1 aliphatic rings. The van der Waals surface area contributed by atoms with Crippen LogP contribution in [0.1, 0.15) is 16.7 Å². The maximum atomic E-state index is 13.5. The largest absolute Gasteiger partial charge is 0.351 e. The summed E-state index contributed by atoms with van der Waals surface area (Å²) in [5.74, 6) is -0.382. The molecule has 0 spiro atoms. The Morgan fingerprint density at radius 2 is 1.86 bits per heavy atom. The standard InChI is InChI=1S/C17H17FN2O/c18-15-8-4-3-7-14(15)11-20-17(21)16-9-12-5-1-2-6-13(12)10-19-16/h1-8,16,19H,9-11H2,(H,20,21)/t16-/m1/s1. The molecule has 0 unspecified atom stereocenters. The Hall–Kier alpha value is -2.20. The van der Waals surface area contributed by atoms with Crippen molar-refractivity contribution < 1.29 is 9.18 Å². The van der Waals surface area contributed by atoms with Gasteiger partial charge >= 0.3 is 0 Å². The summed E-state index contributed by atoms with van der Waals surface area (Å²) in [6, 6.07) is 14.3. The lowest BCUT2D eigenvalue weighted by Gasteiger charge is -2.25. The zero-order chi connectivity index (χ0) is 14.7. The Balaban J connectivity index is 1.61. The van der Waals surface area contributed by atoms with Gasteiger partial charge in [-0.2, -0.15) is 0 Å². The Bertz CT molecular complexity index is 657. The number of hydrogen-bond acceptors (Lipinski definition) is 2. The summed E-state index contributed by atoms with van der Waals surface area (Å²) in [5.41, 5.74) is 2.93. The van der Waals surface area contributed by atoms with Crippen LogP contribution < -0.4 is 10.6 Å². The Labute approximate surface area is 123 Å². The lowest BCUT2D eigenvalue weighted by Crippen LogP contribution is -2.47. The van der Waals surface area contributed by atoms with E-state index in [0.29, 0.717) is 18.5 Å². The quantitative estimate of drug-likeness (QED) is 0.907. The normalized spacial score (nSPS) is 17.1. The predicted octanol–water partition coefficient (Wildman–Crippen LogP) is 2.16. The van der Waals surface area contributed by atoms with Crippen LogP contribution in [0.4, 0.5) is 4.39 Å². The minimum absolute atomic E-state index is 0.0900. The third-order valence-electron chi connectivity index (χ3n) is 3.81. The van der Waals surface area contributed by atoms with E-state index in [-0.39, 0.29) is 24.3 Å². The Morgan fingerprint density at radius 3 is 2.67 bits per heavy atom. The average Bonchev–Trinajstić information content (AvgIpc) is 2.53. The van der Waals surface area contributed by atoms with Crippen LogP contribution in [0.5, 0.6) is 0 Å². The second-order valence-corrected chi connectivity index (χ2v) is 5.22. The van der Waals surface area contributed by atoms with Crippen molar-refractivity contribution >= 4 is 5.91 Å². The van der Waals surface area contributed by atoms with Crippen molar-refractivity contribution in [2.75, 3.05) is 0 Å². The highest BCUT2D eigenvalue weighted by Crippen LogP contribution is 2.16. The van der Waals surface area contributed by atoms with Crippen LogP contribution in [0.2, 0.25) is 0 Å². The van der Waals surface area contributed by atoms with Crippen LogP contribution in [0.25, 0.3) is 0 Å². The van der Waals surface area contributed by atoms with Gasteiger partial charge in [-0.15, -0.1) is 0 Å². The molecule has 0 aromatic heterocycles. The SMILES string of the molecule is O=C(NCc1ccccc1F)[C@H]1Cc2ccccc2CN1. The summed E-state index contributed by atoms with van der Waals surface area (Å²) in [6.07, 6.45) is 0.666. The fourth-order valence-electron chi connectivity index (χ4n) is 2.59. The van der Waals surface area contributed by atoms with Crippen molar-refractivity contribution in [3.63, 3.8) is 0 Å². The summed E-state index contributed by atoms with van der Waals surface area (Å²) in [4.78, 5) is 12.2. The van der Waals surface area contributed by atoms with Gasteiger partial charge in [0.05, 0.1) is 6.04 Å². The van der Waals surface area contributed by atoms with Crippen LogP contribution in [0, 0.1) is 5.82 Å². The highest BCUT2D eigenvalue weighted by Gasteiger charge is 2.23. The predicted molar refractivity (Wildman–Crippen MR) is 79.0 cm³/mol. The van der Waals surface area contributed by atoms with Crippen molar-refractivity contribution in [1.29, 1.82) is 0 Å². The van der Waals surface area contributed by atoms with Crippen LogP contribution in [0.3, 0.4) is 0 Å². The molecule has 2 N–H and O–H groups in total. The molecule has 3 rings (SSSR count).